The van der Waals surface area contributed by atoms with E-state index in [2.05, 4.69) is 13.8 Å². The van der Waals surface area contributed by atoms with E-state index < -0.39 is 47.2 Å². The smallest absolute Gasteiger partial charge is 0.435 e. The first-order chi connectivity index (χ1) is 17.4. The Labute approximate surface area is 217 Å². The topological polar surface area (TPSA) is 125 Å². The molecule has 0 saturated heterocycles. The van der Waals surface area contributed by atoms with Crippen LogP contribution in [0, 0.1) is 34.5 Å². The van der Waals surface area contributed by atoms with Crippen LogP contribution < -0.4 is 0 Å². The Hall–Kier alpha value is -2.68. The largest absolute Gasteiger partial charge is 0.509 e. The zero-order valence-corrected chi connectivity index (χ0v) is 22.3. The van der Waals surface area contributed by atoms with Crippen molar-refractivity contribution in [2.24, 2.45) is 34.5 Å². The molecule has 0 aromatic rings. The number of hydrogen-bond acceptors (Lipinski definition) is 9. The van der Waals surface area contributed by atoms with Crippen molar-refractivity contribution in [2.45, 2.75) is 72.0 Å². The Bertz CT molecular complexity index is 1030. The average molecular weight is 519 g/mol. The first kappa shape index (κ1) is 27.4. The molecular weight excluding hydrogens is 480 g/mol. The lowest BCUT2D eigenvalue weighted by atomic mass is 9.44. The Morgan fingerprint density at radius 2 is 1.76 bits per heavy atom. The number of rotatable bonds is 6. The number of ketones is 2. The van der Waals surface area contributed by atoms with E-state index in [0.29, 0.717) is 6.42 Å². The quantitative estimate of drug-likeness (QED) is 0.516. The first-order valence-electron chi connectivity index (χ1n) is 13.3. The van der Waals surface area contributed by atoms with Crippen molar-refractivity contribution in [3.8, 4) is 0 Å². The van der Waals surface area contributed by atoms with Gasteiger partial charge in [-0.25, -0.2) is 9.59 Å². The molecule has 4 rings (SSSR count). The molecular formula is C28H38O9. The van der Waals surface area contributed by atoms with Crippen LogP contribution in [0.15, 0.2) is 23.8 Å². The lowest BCUT2D eigenvalue weighted by Crippen LogP contribution is -2.63. The summed E-state index contributed by atoms with van der Waals surface area (Å²) in [5.74, 6) is -0.657. The highest BCUT2D eigenvalue weighted by molar-refractivity contribution is 6.01. The Morgan fingerprint density at radius 1 is 1.08 bits per heavy atom. The number of carbonyl (C=O) groups is 4. The number of fused-ring (bicyclic) bond motifs is 5. The predicted octanol–water partition coefficient (Wildman–Crippen LogP) is 4.17. The molecule has 4 aliphatic carbocycles. The minimum absolute atomic E-state index is 0.0233. The van der Waals surface area contributed by atoms with Gasteiger partial charge in [-0.2, -0.15) is 0 Å². The van der Waals surface area contributed by atoms with Gasteiger partial charge < -0.3 is 24.1 Å². The van der Waals surface area contributed by atoms with E-state index in [1.165, 1.54) is 0 Å². The summed E-state index contributed by atoms with van der Waals surface area (Å²) in [7, 11) is 0. The maximum atomic E-state index is 13.7. The fraction of sp³-hybridized carbons (Fsp3) is 0.714. The van der Waals surface area contributed by atoms with E-state index in [1.807, 2.05) is 13.0 Å². The van der Waals surface area contributed by atoms with E-state index >= 15 is 0 Å². The van der Waals surface area contributed by atoms with Crippen molar-refractivity contribution in [2.75, 3.05) is 19.8 Å². The van der Waals surface area contributed by atoms with Gasteiger partial charge in [0, 0.05) is 16.7 Å². The molecule has 9 nitrogen and oxygen atoms in total. The Morgan fingerprint density at radius 3 is 2.43 bits per heavy atom. The third-order valence-electron chi connectivity index (χ3n) is 9.49. The highest BCUT2D eigenvalue weighted by Gasteiger charge is 2.71. The van der Waals surface area contributed by atoms with Gasteiger partial charge in [-0.1, -0.05) is 32.4 Å². The summed E-state index contributed by atoms with van der Waals surface area (Å²) in [6, 6.07) is 0. The van der Waals surface area contributed by atoms with Crippen molar-refractivity contribution in [3.05, 3.63) is 23.8 Å². The van der Waals surface area contributed by atoms with Crippen LogP contribution in [0.5, 0.6) is 0 Å². The molecule has 37 heavy (non-hydrogen) atoms. The average Bonchev–Trinajstić information content (AvgIpc) is 3.11. The molecule has 0 aromatic heterocycles. The number of allylic oxidation sites excluding steroid dienone is 4. The van der Waals surface area contributed by atoms with Gasteiger partial charge in [0.05, 0.1) is 19.3 Å². The molecule has 0 spiro atoms. The monoisotopic (exact) mass is 518 g/mol. The summed E-state index contributed by atoms with van der Waals surface area (Å²) in [6.45, 7) is 8.90. The number of hydrogen-bond donors (Lipinski definition) is 1. The van der Waals surface area contributed by atoms with Crippen LogP contribution in [0.25, 0.3) is 0 Å². The standard InChI is InChI=1S/C28H38O9/c1-6-34-24(32)36-15-22(31)28(37-25(33)35-7-2)11-9-19-18-12-16(3)20-13-17(29)8-10-26(20,4)23(18)21(30)14-27(19,28)5/h8,10,13,16,18-19,21,23,30H,6-7,9,11-12,14-15H2,1-5H3/t16-,18-,19-,21?,23+,26-,27-,28-/m0/s1. The van der Waals surface area contributed by atoms with Crippen molar-refractivity contribution in [3.63, 3.8) is 0 Å². The highest BCUT2D eigenvalue weighted by atomic mass is 16.7. The first-order valence-corrected chi connectivity index (χ1v) is 13.3. The fourth-order valence-electron chi connectivity index (χ4n) is 8.11. The number of aliphatic hydroxyl groups excluding tert-OH is 1. The predicted molar refractivity (Wildman–Crippen MR) is 131 cm³/mol. The van der Waals surface area contributed by atoms with Crippen LogP contribution >= 0.6 is 0 Å². The van der Waals surface area contributed by atoms with Crippen LogP contribution in [0.1, 0.15) is 60.3 Å². The molecule has 0 radical (unpaired) electrons. The van der Waals surface area contributed by atoms with Gasteiger partial charge in [0.2, 0.25) is 5.78 Å². The van der Waals surface area contributed by atoms with Gasteiger partial charge >= 0.3 is 12.3 Å². The van der Waals surface area contributed by atoms with E-state index in [4.69, 9.17) is 18.9 Å². The van der Waals surface area contributed by atoms with Crippen molar-refractivity contribution in [1.29, 1.82) is 0 Å². The Kier molecular flexibility index (Phi) is 7.31. The van der Waals surface area contributed by atoms with Crippen molar-refractivity contribution in [1.82, 2.24) is 0 Å². The third kappa shape index (κ3) is 4.29. The molecule has 9 heteroatoms. The summed E-state index contributed by atoms with van der Waals surface area (Å²) in [5.41, 5.74) is -1.99. The van der Waals surface area contributed by atoms with Gasteiger partial charge in [0.1, 0.15) is 0 Å². The summed E-state index contributed by atoms with van der Waals surface area (Å²) in [4.78, 5) is 50.3. The van der Waals surface area contributed by atoms with Gasteiger partial charge in [-0.3, -0.25) is 9.59 Å². The number of aliphatic hydroxyl groups is 1. The number of Topliss-reactive ketones (excluding diaryl/α,β-unsaturated/α-hetero) is 1. The van der Waals surface area contributed by atoms with Crippen LogP contribution in [-0.2, 0) is 28.5 Å². The fourth-order valence-corrected chi connectivity index (χ4v) is 8.11. The SMILES string of the molecule is CCOC(=O)OCC(=O)[C@@]1(OC(=O)OCC)CC[C@H]2[C@@H]3C[C@H](C)C4=CC(=O)C=C[C@]4(C)[C@H]3C(O)C[C@@]21C. The summed E-state index contributed by atoms with van der Waals surface area (Å²) in [5, 5.41) is 11.7. The van der Waals surface area contributed by atoms with Crippen molar-refractivity contribution >= 4 is 23.9 Å². The highest BCUT2D eigenvalue weighted by Crippen LogP contribution is 2.68. The van der Waals surface area contributed by atoms with Crippen LogP contribution in [0.3, 0.4) is 0 Å². The molecule has 4 aliphatic rings. The molecule has 0 aromatic carbocycles. The number of carbonyl (C=O) groups excluding carboxylic acids is 4. The Balaban J connectivity index is 1.71. The van der Waals surface area contributed by atoms with Crippen LogP contribution in [-0.4, -0.2) is 60.5 Å². The molecule has 3 fully saturated rings. The molecule has 0 amide bonds. The van der Waals surface area contributed by atoms with E-state index in [1.54, 1.807) is 26.0 Å². The summed E-state index contributed by atoms with van der Waals surface area (Å²) < 4.78 is 20.7. The molecule has 204 valence electrons. The second kappa shape index (κ2) is 9.89. The van der Waals surface area contributed by atoms with Gasteiger partial charge in [0.25, 0.3) is 0 Å². The summed E-state index contributed by atoms with van der Waals surface area (Å²) >= 11 is 0. The maximum Gasteiger partial charge on any atom is 0.509 e. The molecule has 0 aliphatic heterocycles. The van der Waals surface area contributed by atoms with Crippen LogP contribution in [0.4, 0.5) is 9.59 Å². The second-order valence-corrected chi connectivity index (χ2v) is 11.3. The summed E-state index contributed by atoms with van der Waals surface area (Å²) in [6.07, 6.45) is 4.25. The number of ether oxygens (including phenoxy) is 4. The van der Waals surface area contributed by atoms with E-state index in [-0.39, 0.29) is 55.5 Å². The minimum Gasteiger partial charge on any atom is -0.435 e. The molecule has 1 unspecified atom stereocenters. The zero-order chi connectivity index (χ0) is 27.2. The van der Waals surface area contributed by atoms with Gasteiger partial charge in [-0.05, 0) is 69.4 Å². The van der Waals surface area contributed by atoms with E-state index in [0.717, 1.165) is 12.0 Å². The van der Waals surface area contributed by atoms with Crippen LogP contribution in [0.2, 0.25) is 0 Å². The van der Waals surface area contributed by atoms with Gasteiger partial charge in [0.15, 0.2) is 18.0 Å². The third-order valence-corrected chi connectivity index (χ3v) is 9.49. The normalized spacial score (nSPS) is 40.0. The minimum atomic E-state index is -1.62. The molecule has 0 heterocycles. The molecule has 1 N–H and O–H groups in total. The molecule has 0 bridgehead atoms. The van der Waals surface area contributed by atoms with E-state index in [9.17, 15) is 24.3 Å². The molecule has 8 atom stereocenters. The maximum absolute atomic E-state index is 13.7. The van der Waals surface area contributed by atoms with Crippen molar-refractivity contribution < 1.29 is 43.2 Å². The molecule has 3 saturated carbocycles. The second-order valence-electron chi connectivity index (χ2n) is 11.3. The van der Waals surface area contributed by atoms with Gasteiger partial charge in [-0.15, -0.1) is 0 Å². The lowest BCUT2D eigenvalue weighted by Gasteiger charge is -2.61. The lowest BCUT2D eigenvalue weighted by molar-refractivity contribution is -0.185. The zero-order valence-electron chi connectivity index (χ0n) is 22.3.